The van der Waals surface area contributed by atoms with Crippen LogP contribution in [0, 0.1) is 5.92 Å². The van der Waals surface area contributed by atoms with E-state index in [1.165, 1.54) is 136 Å². The lowest BCUT2D eigenvalue weighted by molar-refractivity contribution is 0.00817. The molecule has 0 bridgehead atoms. The van der Waals surface area contributed by atoms with E-state index in [0.29, 0.717) is 66.8 Å². The highest BCUT2D eigenvalue weighted by Gasteiger charge is 2.43. The van der Waals surface area contributed by atoms with Gasteiger partial charge < -0.3 is 55.4 Å². The number of aliphatic hydroxyl groups excluding tert-OH is 1. The van der Waals surface area contributed by atoms with Crippen molar-refractivity contribution in [2.24, 2.45) is 11.7 Å². The van der Waals surface area contributed by atoms with Crippen molar-refractivity contribution in [1.82, 2.24) is 40.7 Å². The quantitative estimate of drug-likeness (QED) is 0.0762. The van der Waals surface area contributed by atoms with Crippen LogP contribution in [0.5, 0.6) is 0 Å². The number of aryl methyl sites for hydroxylation is 1. The zero-order valence-corrected chi connectivity index (χ0v) is 85.1. The second-order valence-corrected chi connectivity index (χ2v) is 48.7. The number of carbonyl (C=O) groups excluding carboxylic acids is 3. The minimum Gasteiger partial charge on any atom is -0.444 e. The molecule has 8 aromatic rings. The van der Waals surface area contributed by atoms with Crippen LogP contribution < -0.4 is 26.6 Å². The number of amides is 3. The molecule has 3 amide bonds. The van der Waals surface area contributed by atoms with E-state index in [4.69, 9.17) is 41.8 Å². The molecule has 0 saturated carbocycles. The number of benzene rings is 5. The summed E-state index contributed by atoms with van der Waals surface area (Å²) in [4.78, 5) is 58.3. The van der Waals surface area contributed by atoms with Crippen LogP contribution in [0.25, 0.3) is 34.0 Å². The average Bonchev–Trinajstić information content (AvgIpc) is 1.73. The number of anilines is 1. The smallest absolute Gasteiger partial charge is 0.410 e. The van der Waals surface area contributed by atoms with E-state index in [1.807, 2.05) is 71.2 Å². The van der Waals surface area contributed by atoms with Gasteiger partial charge >= 0.3 is 12.2 Å². The number of thiazole rings is 2. The minimum atomic E-state index is -0.636. The Kier molecular flexibility index (Phi) is 29.5. The Labute approximate surface area is 786 Å². The van der Waals surface area contributed by atoms with Gasteiger partial charge in [0.15, 0.2) is 5.13 Å². The van der Waals surface area contributed by atoms with E-state index < -0.39 is 17.3 Å². The number of nitrogens with zero attached hydrogens (tertiary/aromatic N) is 6. The Balaban J connectivity index is 0.000000140. The van der Waals surface area contributed by atoms with Gasteiger partial charge in [0, 0.05) is 116 Å². The fourth-order valence-corrected chi connectivity index (χ4v) is 22.8. The number of piperazine rings is 1. The van der Waals surface area contributed by atoms with Crippen molar-refractivity contribution in [3.8, 4) is 34.0 Å². The van der Waals surface area contributed by atoms with Crippen molar-refractivity contribution >= 4 is 63.1 Å². The largest absolute Gasteiger partial charge is 0.444 e. The molecule has 4 fully saturated rings. The number of fused-ring (bicyclic) bond motifs is 5. The molecule has 5 aliphatic carbocycles. The Bertz CT molecular complexity index is 5290. The molecule has 17 rings (SSSR count). The summed E-state index contributed by atoms with van der Waals surface area (Å²) in [7, 11) is 0. The van der Waals surface area contributed by atoms with Crippen molar-refractivity contribution in [1.29, 1.82) is 0 Å². The number of nitrogens with two attached hydrogens (primary N) is 1. The molecule has 4 aliphatic heterocycles. The molecule has 6 N–H and O–H groups in total. The zero-order valence-electron chi connectivity index (χ0n) is 82.7. The minimum absolute atomic E-state index is 0.0444. The predicted octanol–water partition coefficient (Wildman–Crippen LogP) is 24.3. The lowest BCUT2D eigenvalue weighted by Gasteiger charge is -2.42. The number of rotatable bonds is 11. The van der Waals surface area contributed by atoms with Crippen LogP contribution in [0.1, 0.15) is 357 Å². The topological polar surface area (TPSA) is 214 Å². The first kappa shape index (κ1) is 98.6. The maximum absolute atomic E-state index is 12.9. The highest BCUT2D eigenvalue weighted by atomic mass is 32.1. The Morgan fingerprint density at radius 3 is 1.43 bits per heavy atom. The summed E-state index contributed by atoms with van der Waals surface area (Å²) in [6.07, 6.45) is 18.4. The molecule has 20 heteroatoms. The number of nitrogens with one attached hydrogen (secondary N) is 3. The van der Waals surface area contributed by atoms with Crippen LogP contribution in [-0.4, -0.2) is 142 Å². The number of hydrogen-bond donors (Lipinski definition) is 5. The van der Waals surface area contributed by atoms with Gasteiger partial charge in [-0.25, -0.2) is 24.5 Å². The molecule has 2 atom stereocenters. The highest BCUT2D eigenvalue weighted by molar-refractivity contribution is 7.80. The summed E-state index contributed by atoms with van der Waals surface area (Å²) in [5, 5.41) is 27.4. The Morgan fingerprint density at radius 2 is 0.930 bits per heavy atom. The second kappa shape index (κ2) is 38.6. The van der Waals surface area contributed by atoms with Crippen LogP contribution in [0.4, 0.5) is 14.7 Å². The summed E-state index contributed by atoms with van der Waals surface area (Å²) < 4.78 is 17.2. The second-order valence-electron chi connectivity index (χ2n) is 46.5. The molecule has 0 spiro atoms. The average molecular weight is 1810 g/mol. The molecule has 2 unspecified atom stereocenters. The maximum atomic E-state index is 12.9. The first-order valence-electron chi connectivity index (χ1n) is 48.3. The fraction of sp³-hybridized carbons (Fsp3) is 0.606. The number of carbonyl (C=O) groups is 3. The van der Waals surface area contributed by atoms with Crippen LogP contribution in [0.3, 0.4) is 0 Å². The third kappa shape index (κ3) is 23.5. The standard InChI is InChI=1S/C27H42N2O4.C27H38N2O3.C21H29N3S.C19H24N2S.C15H21NS/c1-25(2,3)33-24(32)29-14-10-18(11-15-29)22(30)17-28-23(31)19-8-9-20-21(16-19)27(6,7)13-12-26(20,4)5;1-25(2,3)32-24(30)29-14-10-18(11-15-29)22-17-28-23(31-22)19-8-9-20-21(16-19)27(6,7)13-12-26(20,4)5;1-20(2)7-8-21(3,4)17-13-15(5-6-16(17)20)18-14-25-19(23-18)24-11-9-22-10-12-24;1-19(2)8-3-4-13-10-14(5-6-16(13)19)17-12-22-18(21-17)15-7-9-20-11-15;1-14(2)7-8-15(3,4)12-9-10(13(16)17)5-6-11(12)14/h8-9,16,18,22,30H,10-15,17H2,1-7H3,(H,28,31);8-9,16-18H,10-15H2,1-7H3;5-6,13-14,22H,7-12H2,1-4H3;5-6,10,12,15,20H,3-4,7-9,11H2,1-2H3;5-6,9H,7-8H2,1-4H3,(H2,16,17). The molecule has 129 heavy (non-hydrogen) atoms. The van der Waals surface area contributed by atoms with Gasteiger partial charge in [-0.15, -0.1) is 22.7 Å². The summed E-state index contributed by atoms with van der Waals surface area (Å²) in [5.41, 5.74) is 28.6. The lowest BCUT2D eigenvalue weighted by Crippen LogP contribution is -2.45. The molecule has 9 aliphatic rings. The van der Waals surface area contributed by atoms with E-state index in [-0.39, 0.29) is 79.8 Å². The molecular weight excluding hydrogens is 1660 g/mol. The predicted molar refractivity (Wildman–Crippen MR) is 537 cm³/mol. The number of ether oxygens (including phenoxy) is 2. The molecular formula is C109H154N10O7S3. The summed E-state index contributed by atoms with van der Waals surface area (Å²) in [5.74, 6) is 2.41. The van der Waals surface area contributed by atoms with Crippen molar-refractivity contribution in [2.75, 3.05) is 76.9 Å². The first-order valence-corrected chi connectivity index (χ1v) is 50.5. The Hall–Kier alpha value is -7.85. The van der Waals surface area contributed by atoms with E-state index in [1.54, 1.807) is 21.1 Å². The molecule has 700 valence electrons. The van der Waals surface area contributed by atoms with Gasteiger partial charge in [-0.2, -0.15) is 0 Å². The number of likely N-dealkylation sites (tertiary alicyclic amines) is 2. The van der Waals surface area contributed by atoms with Crippen LogP contribution in [0.15, 0.2) is 112 Å². The monoisotopic (exact) mass is 1810 g/mol. The van der Waals surface area contributed by atoms with Gasteiger partial charge in [0.2, 0.25) is 5.89 Å². The number of thiocarbonyl (C=S) groups is 1. The third-order valence-corrected chi connectivity index (χ3v) is 32.1. The van der Waals surface area contributed by atoms with Crippen LogP contribution >= 0.6 is 34.9 Å². The van der Waals surface area contributed by atoms with Gasteiger partial charge in [0.05, 0.1) is 28.7 Å². The van der Waals surface area contributed by atoms with Gasteiger partial charge in [0.25, 0.3) is 5.91 Å². The fourth-order valence-electron chi connectivity index (χ4n) is 20.8. The third-order valence-electron chi connectivity index (χ3n) is 30.0. The van der Waals surface area contributed by atoms with E-state index in [0.717, 1.165) is 98.4 Å². The number of aromatic nitrogens is 3. The highest BCUT2D eigenvalue weighted by Crippen LogP contribution is 2.52. The van der Waals surface area contributed by atoms with E-state index in [9.17, 15) is 19.5 Å². The molecule has 5 aromatic carbocycles. The first-order chi connectivity index (χ1) is 60.3. The maximum Gasteiger partial charge on any atom is 0.410 e. The number of piperidine rings is 2. The van der Waals surface area contributed by atoms with E-state index >= 15 is 0 Å². The molecule has 0 radical (unpaired) electrons. The van der Waals surface area contributed by atoms with Crippen LogP contribution in [-0.2, 0) is 64.6 Å². The number of oxazole rings is 1. The SMILES string of the molecule is CC(C)(C)OC(=O)N1CCC(C(O)CNC(=O)c2ccc3c(c2)C(C)(C)CCC3(C)C)CC1.CC(C)(C)OC(=O)N1CCC(c2cnc(-c3ccc4c(c3)C(C)(C)CCC4(C)C)o2)CC1.CC1(C)CCC(C)(C)c2cc(-c3csc(N4CCNCC4)n3)ccc21.CC1(C)CCC(C)(C)c2cc(C(N)=S)ccc21.CC1(C)CCCc2cc(-c3csc(C4CCNC4)n3)ccc21. The van der Waals surface area contributed by atoms with Crippen molar-refractivity contribution < 1.29 is 33.4 Å². The molecule has 3 aromatic heterocycles. The Morgan fingerprint density at radius 1 is 0.504 bits per heavy atom. The molecule has 17 nitrogen and oxygen atoms in total. The summed E-state index contributed by atoms with van der Waals surface area (Å²) in [6, 6.07) is 33.3. The molecule has 4 saturated heterocycles. The van der Waals surface area contributed by atoms with Gasteiger partial charge in [0.1, 0.15) is 22.0 Å². The van der Waals surface area contributed by atoms with Crippen LogP contribution in [0.2, 0.25) is 0 Å². The summed E-state index contributed by atoms with van der Waals surface area (Å²) in [6.45, 7) is 62.3. The lowest BCUT2D eigenvalue weighted by atomic mass is 9.63. The summed E-state index contributed by atoms with van der Waals surface area (Å²) >= 11 is 8.68. The van der Waals surface area contributed by atoms with Gasteiger partial charge in [-0.1, -0.05) is 185 Å². The van der Waals surface area contributed by atoms with Gasteiger partial charge in [-0.05, 0) is 304 Å². The number of aliphatic hydroxyl groups is 1. The normalized spacial score (nSPS) is 21.5. The van der Waals surface area contributed by atoms with Crippen molar-refractivity contribution in [3.05, 3.63) is 185 Å². The molecule has 7 heterocycles. The van der Waals surface area contributed by atoms with Crippen molar-refractivity contribution in [3.63, 3.8) is 0 Å². The van der Waals surface area contributed by atoms with Crippen molar-refractivity contribution in [2.45, 2.75) is 347 Å². The van der Waals surface area contributed by atoms with E-state index in [2.05, 4.69) is 240 Å². The zero-order chi connectivity index (χ0) is 93.6. The number of hydrogen-bond acceptors (Lipinski definition) is 16. The van der Waals surface area contributed by atoms with Gasteiger partial charge in [-0.3, -0.25) is 4.79 Å².